The molecule has 0 atom stereocenters. The van der Waals surface area contributed by atoms with Crippen molar-refractivity contribution in [3.8, 4) is 0 Å². The maximum absolute atomic E-state index is 11.4. The lowest BCUT2D eigenvalue weighted by atomic mass is 9.98. The third-order valence-electron chi connectivity index (χ3n) is 3.32. The van der Waals surface area contributed by atoms with Gasteiger partial charge in [-0.15, -0.1) is 0 Å². The normalized spacial score (nSPS) is 15.4. The zero-order chi connectivity index (χ0) is 17.4. The molecule has 0 saturated heterocycles. The molecule has 0 saturated carbocycles. The van der Waals surface area contributed by atoms with Crippen molar-refractivity contribution in [1.82, 2.24) is 0 Å². The number of rotatable bonds is 5. The van der Waals surface area contributed by atoms with Crippen LogP contribution in [-0.2, 0) is 20.8 Å². The number of nitrogens with zero attached hydrogens (tertiary/aromatic N) is 1. The van der Waals surface area contributed by atoms with Gasteiger partial charge in [0.25, 0.3) is 5.91 Å². The SMILES string of the molecule is CC(=O)Nc1ccc(CC2=CCC(=NC(=O)/C=C\C=O)C=C2)cc1. The van der Waals surface area contributed by atoms with Crippen LogP contribution in [0.25, 0.3) is 0 Å². The molecule has 24 heavy (non-hydrogen) atoms. The molecule has 2 rings (SSSR count). The topological polar surface area (TPSA) is 75.6 Å². The third kappa shape index (κ3) is 5.61. The van der Waals surface area contributed by atoms with Gasteiger partial charge in [0.15, 0.2) is 0 Å². The molecule has 5 heteroatoms. The number of allylic oxidation sites excluding steroid dienone is 5. The van der Waals surface area contributed by atoms with Crippen LogP contribution in [0.3, 0.4) is 0 Å². The second-order valence-electron chi connectivity index (χ2n) is 5.31. The van der Waals surface area contributed by atoms with Gasteiger partial charge in [-0.25, -0.2) is 4.99 Å². The molecule has 0 aromatic heterocycles. The van der Waals surface area contributed by atoms with Crippen molar-refractivity contribution in [3.63, 3.8) is 0 Å². The van der Waals surface area contributed by atoms with E-state index in [4.69, 9.17) is 0 Å². The highest BCUT2D eigenvalue weighted by molar-refractivity contribution is 6.07. The number of amides is 2. The zero-order valence-electron chi connectivity index (χ0n) is 13.4. The standard InChI is InChI=1S/C19H18N2O3/c1-14(23)20-17-8-4-15(5-9-17)13-16-6-10-18(11-7-16)21-19(24)3-2-12-22/h2-10,12H,11,13H2,1H3,(H,20,23)/b3-2-,21-18?. The van der Waals surface area contributed by atoms with Gasteiger partial charge in [-0.2, -0.15) is 0 Å². The Hall–Kier alpha value is -3.08. The number of aliphatic imine (C=N–C) groups is 1. The smallest absolute Gasteiger partial charge is 0.270 e. The number of carbonyl (C=O) groups excluding carboxylic acids is 3. The van der Waals surface area contributed by atoms with E-state index >= 15 is 0 Å². The molecule has 2 amide bonds. The highest BCUT2D eigenvalue weighted by atomic mass is 16.2. The summed E-state index contributed by atoms with van der Waals surface area (Å²) in [6, 6.07) is 7.68. The molecule has 1 aromatic rings. The number of carbonyl (C=O) groups is 3. The Morgan fingerprint density at radius 2 is 1.96 bits per heavy atom. The second-order valence-corrected chi connectivity index (χ2v) is 5.31. The summed E-state index contributed by atoms with van der Waals surface area (Å²) in [6.45, 7) is 1.48. The van der Waals surface area contributed by atoms with Crippen LogP contribution in [0.15, 0.2) is 65.2 Å². The van der Waals surface area contributed by atoms with Crippen LogP contribution in [-0.4, -0.2) is 23.8 Å². The number of nitrogens with one attached hydrogen (secondary N) is 1. The molecular formula is C19H18N2O3. The second kappa shape index (κ2) is 8.53. The Kier molecular flexibility index (Phi) is 6.14. The number of hydrogen-bond acceptors (Lipinski definition) is 3. The summed E-state index contributed by atoms with van der Waals surface area (Å²) in [7, 11) is 0. The fourth-order valence-corrected chi connectivity index (χ4v) is 2.23. The fourth-order valence-electron chi connectivity index (χ4n) is 2.23. The maximum atomic E-state index is 11.4. The minimum absolute atomic E-state index is 0.0926. The number of anilines is 1. The van der Waals surface area contributed by atoms with E-state index in [1.54, 1.807) is 0 Å². The molecule has 0 heterocycles. The lowest BCUT2D eigenvalue weighted by Gasteiger charge is -2.09. The number of hydrogen-bond donors (Lipinski definition) is 1. The Morgan fingerprint density at radius 1 is 1.21 bits per heavy atom. The van der Waals surface area contributed by atoms with Gasteiger partial charge in [0.1, 0.15) is 6.29 Å². The van der Waals surface area contributed by atoms with Crippen molar-refractivity contribution in [2.75, 3.05) is 5.32 Å². The lowest BCUT2D eigenvalue weighted by Crippen LogP contribution is -2.05. The maximum Gasteiger partial charge on any atom is 0.270 e. The molecule has 0 bridgehead atoms. The van der Waals surface area contributed by atoms with Crippen LogP contribution < -0.4 is 5.32 Å². The molecule has 0 spiro atoms. The van der Waals surface area contributed by atoms with Crippen LogP contribution in [0.5, 0.6) is 0 Å². The summed E-state index contributed by atoms with van der Waals surface area (Å²) < 4.78 is 0. The van der Waals surface area contributed by atoms with Gasteiger partial charge in [-0.3, -0.25) is 14.4 Å². The van der Waals surface area contributed by atoms with Crippen molar-refractivity contribution in [3.05, 3.63) is 65.8 Å². The third-order valence-corrected chi connectivity index (χ3v) is 3.32. The van der Waals surface area contributed by atoms with Crippen LogP contribution in [0.1, 0.15) is 18.9 Å². The molecule has 1 aromatic carbocycles. The van der Waals surface area contributed by atoms with E-state index in [-0.39, 0.29) is 5.91 Å². The van der Waals surface area contributed by atoms with Crippen molar-refractivity contribution < 1.29 is 14.4 Å². The molecule has 5 nitrogen and oxygen atoms in total. The van der Waals surface area contributed by atoms with Gasteiger partial charge in [-0.1, -0.05) is 24.3 Å². The van der Waals surface area contributed by atoms with E-state index < -0.39 is 5.91 Å². The summed E-state index contributed by atoms with van der Waals surface area (Å²) in [5.74, 6) is -0.530. The molecule has 1 aliphatic rings. The van der Waals surface area contributed by atoms with Gasteiger partial charge in [0, 0.05) is 30.8 Å². The van der Waals surface area contributed by atoms with Crippen LogP contribution >= 0.6 is 0 Å². The highest BCUT2D eigenvalue weighted by Gasteiger charge is 2.05. The first-order chi connectivity index (χ1) is 11.6. The molecule has 0 aliphatic heterocycles. The molecule has 1 N–H and O–H groups in total. The Labute approximate surface area is 140 Å². The van der Waals surface area contributed by atoms with E-state index in [1.807, 2.05) is 42.5 Å². The zero-order valence-corrected chi connectivity index (χ0v) is 13.4. The van der Waals surface area contributed by atoms with Crippen LogP contribution in [0.2, 0.25) is 0 Å². The van der Waals surface area contributed by atoms with Gasteiger partial charge in [-0.05, 0) is 41.8 Å². The Bertz CT molecular complexity index is 753. The summed E-state index contributed by atoms with van der Waals surface area (Å²) in [6.07, 6.45) is 9.93. The fraction of sp³-hybridized carbons (Fsp3) is 0.158. The average molecular weight is 322 g/mol. The first kappa shape index (κ1) is 17.3. The summed E-state index contributed by atoms with van der Waals surface area (Å²) in [5.41, 5.74) is 3.71. The summed E-state index contributed by atoms with van der Waals surface area (Å²) >= 11 is 0. The van der Waals surface area contributed by atoms with Crippen molar-refractivity contribution in [1.29, 1.82) is 0 Å². The number of aldehydes is 1. The van der Waals surface area contributed by atoms with Gasteiger partial charge in [0.05, 0.1) is 0 Å². The van der Waals surface area contributed by atoms with Gasteiger partial charge in [0.2, 0.25) is 5.91 Å². The Morgan fingerprint density at radius 3 is 2.54 bits per heavy atom. The lowest BCUT2D eigenvalue weighted by molar-refractivity contribution is -0.114. The first-order valence-electron chi connectivity index (χ1n) is 7.54. The van der Waals surface area contributed by atoms with E-state index in [2.05, 4.69) is 10.3 Å². The van der Waals surface area contributed by atoms with E-state index in [9.17, 15) is 14.4 Å². The van der Waals surface area contributed by atoms with Crippen LogP contribution in [0, 0.1) is 0 Å². The molecule has 0 radical (unpaired) electrons. The van der Waals surface area contributed by atoms with E-state index in [1.165, 1.54) is 6.92 Å². The molecular weight excluding hydrogens is 304 g/mol. The Balaban J connectivity index is 1.94. The van der Waals surface area contributed by atoms with Gasteiger partial charge < -0.3 is 5.32 Å². The summed E-state index contributed by atoms with van der Waals surface area (Å²) in [5, 5.41) is 2.73. The summed E-state index contributed by atoms with van der Waals surface area (Å²) in [4.78, 5) is 36.5. The van der Waals surface area contributed by atoms with E-state index in [0.29, 0.717) is 18.4 Å². The molecule has 0 fully saturated rings. The van der Waals surface area contributed by atoms with Gasteiger partial charge >= 0.3 is 0 Å². The monoisotopic (exact) mass is 322 g/mol. The molecule has 0 unspecified atom stereocenters. The molecule has 122 valence electrons. The van der Waals surface area contributed by atoms with Crippen molar-refractivity contribution in [2.45, 2.75) is 19.8 Å². The van der Waals surface area contributed by atoms with Crippen molar-refractivity contribution in [2.24, 2.45) is 4.99 Å². The predicted octanol–water partition coefficient (Wildman–Crippen LogP) is 2.80. The first-order valence-corrected chi connectivity index (χ1v) is 7.54. The minimum atomic E-state index is -0.438. The highest BCUT2D eigenvalue weighted by Crippen LogP contribution is 2.17. The average Bonchev–Trinajstić information content (AvgIpc) is 2.56. The van der Waals surface area contributed by atoms with Crippen molar-refractivity contribution >= 4 is 29.5 Å². The predicted molar refractivity (Wildman–Crippen MR) is 93.9 cm³/mol. The number of benzene rings is 1. The van der Waals surface area contributed by atoms with E-state index in [0.717, 1.165) is 35.4 Å². The minimum Gasteiger partial charge on any atom is -0.326 e. The largest absolute Gasteiger partial charge is 0.326 e. The molecule has 1 aliphatic carbocycles. The quantitative estimate of drug-likeness (QED) is 0.669. The van der Waals surface area contributed by atoms with Crippen LogP contribution in [0.4, 0.5) is 5.69 Å².